The summed E-state index contributed by atoms with van der Waals surface area (Å²) in [6.45, 7) is 0. The summed E-state index contributed by atoms with van der Waals surface area (Å²) in [5, 5.41) is 10.5. The third-order valence-electron chi connectivity index (χ3n) is 9.77. The van der Waals surface area contributed by atoms with Crippen molar-refractivity contribution in [3.63, 3.8) is 0 Å². The van der Waals surface area contributed by atoms with E-state index in [-0.39, 0.29) is 0 Å². The van der Waals surface area contributed by atoms with Crippen molar-refractivity contribution in [3.8, 4) is 22.3 Å². The molecule has 0 saturated carbocycles. The van der Waals surface area contributed by atoms with Crippen molar-refractivity contribution in [1.82, 2.24) is 0 Å². The van der Waals surface area contributed by atoms with E-state index in [4.69, 9.17) is 0 Å². The van der Waals surface area contributed by atoms with Gasteiger partial charge in [-0.1, -0.05) is 170 Å². The molecule has 46 heavy (non-hydrogen) atoms. The predicted octanol–water partition coefficient (Wildman–Crippen LogP) is 12.9. The van der Waals surface area contributed by atoms with Gasteiger partial charge in [-0.15, -0.1) is 0 Å². The molecular formula is C46H32. The van der Waals surface area contributed by atoms with Crippen LogP contribution in [-0.2, 0) is 0 Å². The lowest BCUT2D eigenvalue weighted by atomic mass is 9.81. The van der Waals surface area contributed by atoms with Crippen molar-refractivity contribution >= 4 is 54.2 Å². The van der Waals surface area contributed by atoms with Crippen LogP contribution < -0.4 is 0 Å². The molecule has 1 aliphatic rings. The average molecular weight is 585 g/mol. The van der Waals surface area contributed by atoms with Crippen LogP contribution in [0.3, 0.4) is 0 Å². The number of hydrogen-bond acceptors (Lipinski definition) is 0. The molecule has 0 heterocycles. The number of allylic oxidation sites excluding steroid dienone is 4. The van der Waals surface area contributed by atoms with Gasteiger partial charge in [-0.05, 0) is 100 Å². The van der Waals surface area contributed by atoms with Crippen LogP contribution in [0.4, 0.5) is 0 Å². The van der Waals surface area contributed by atoms with Crippen LogP contribution >= 0.6 is 0 Å². The minimum atomic E-state index is 0.900. The molecule has 216 valence electrons. The van der Waals surface area contributed by atoms with Crippen molar-refractivity contribution in [2.45, 2.75) is 12.8 Å². The SMILES string of the molecule is C1=C(c2c3ccccc3c(-c3ccccc3)c3ccccc23)CC=C(c2c3ccccc3c(-c3ccccc3)c3ccccc23)C1. The summed E-state index contributed by atoms with van der Waals surface area (Å²) < 4.78 is 0. The fourth-order valence-electron chi connectivity index (χ4n) is 7.82. The highest BCUT2D eigenvalue weighted by Crippen LogP contribution is 2.47. The summed E-state index contributed by atoms with van der Waals surface area (Å²) >= 11 is 0. The van der Waals surface area contributed by atoms with Crippen LogP contribution in [-0.4, -0.2) is 0 Å². The molecule has 0 atom stereocenters. The van der Waals surface area contributed by atoms with Gasteiger partial charge in [-0.2, -0.15) is 0 Å². The van der Waals surface area contributed by atoms with E-state index in [1.54, 1.807) is 0 Å². The van der Waals surface area contributed by atoms with E-state index in [0.717, 1.165) is 12.8 Å². The molecule has 0 unspecified atom stereocenters. The van der Waals surface area contributed by atoms with Crippen LogP contribution in [0.1, 0.15) is 24.0 Å². The zero-order valence-corrected chi connectivity index (χ0v) is 25.6. The van der Waals surface area contributed by atoms with E-state index >= 15 is 0 Å². The molecule has 0 spiro atoms. The molecule has 0 amide bonds. The molecule has 9 rings (SSSR count). The van der Waals surface area contributed by atoms with E-state index < -0.39 is 0 Å². The number of fused-ring (bicyclic) bond motifs is 4. The zero-order chi connectivity index (χ0) is 30.5. The van der Waals surface area contributed by atoms with Gasteiger partial charge in [0.2, 0.25) is 0 Å². The third-order valence-corrected chi connectivity index (χ3v) is 9.77. The maximum absolute atomic E-state index is 2.50. The molecule has 0 aromatic heterocycles. The highest BCUT2D eigenvalue weighted by atomic mass is 14.2. The van der Waals surface area contributed by atoms with Gasteiger partial charge in [0.05, 0.1) is 0 Å². The quantitative estimate of drug-likeness (QED) is 0.181. The molecule has 0 saturated heterocycles. The molecule has 1 aliphatic carbocycles. The Kier molecular flexibility index (Phi) is 6.39. The minimum absolute atomic E-state index is 0.900. The Balaban J connectivity index is 1.22. The van der Waals surface area contributed by atoms with Crippen LogP contribution in [0, 0.1) is 0 Å². The Morgan fingerprint density at radius 2 is 0.478 bits per heavy atom. The molecule has 0 radical (unpaired) electrons. The molecular weight excluding hydrogens is 553 g/mol. The first kappa shape index (κ1) is 26.7. The molecule has 0 bridgehead atoms. The molecule has 8 aromatic rings. The highest BCUT2D eigenvalue weighted by molar-refractivity contribution is 6.21. The van der Waals surface area contributed by atoms with Gasteiger partial charge in [0, 0.05) is 0 Å². The van der Waals surface area contributed by atoms with Gasteiger partial charge in [0.25, 0.3) is 0 Å². The van der Waals surface area contributed by atoms with Gasteiger partial charge >= 0.3 is 0 Å². The second kappa shape index (κ2) is 11.0. The Hall–Kier alpha value is -5.72. The Morgan fingerprint density at radius 3 is 0.739 bits per heavy atom. The number of rotatable bonds is 4. The number of hydrogen-bond donors (Lipinski definition) is 0. The van der Waals surface area contributed by atoms with Gasteiger partial charge in [0.15, 0.2) is 0 Å². The zero-order valence-electron chi connectivity index (χ0n) is 25.6. The van der Waals surface area contributed by atoms with Gasteiger partial charge in [-0.25, -0.2) is 0 Å². The van der Waals surface area contributed by atoms with E-state index in [1.807, 2.05) is 0 Å². The fraction of sp³-hybridized carbons (Fsp3) is 0.0435. The molecule has 0 heteroatoms. The summed E-state index contributed by atoms with van der Waals surface area (Å²) in [5.74, 6) is 0. The van der Waals surface area contributed by atoms with Crippen LogP contribution in [0.25, 0.3) is 76.5 Å². The lowest BCUT2D eigenvalue weighted by Gasteiger charge is -2.23. The van der Waals surface area contributed by atoms with E-state index in [1.165, 1.54) is 87.6 Å². The van der Waals surface area contributed by atoms with Gasteiger partial charge in [-0.3, -0.25) is 0 Å². The van der Waals surface area contributed by atoms with Crippen molar-refractivity contribution in [2.24, 2.45) is 0 Å². The minimum Gasteiger partial charge on any atom is -0.0759 e. The molecule has 0 N–H and O–H groups in total. The monoisotopic (exact) mass is 584 g/mol. The Labute approximate surface area is 269 Å². The lowest BCUT2D eigenvalue weighted by Crippen LogP contribution is -1.99. The van der Waals surface area contributed by atoms with Gasteiger partial charge in [0.1, 0.15) is 0 Å². The maximum Gasteiger partial charge on any atom is -0.00264 e. The summed E-state index contributed by atoms with van der Waals surface area (Å²) in [6, 6.07) is 57.6. The second-order valence-electron chi connectivity index (χ2n) is 12.3. The molecule has 8 aromatic carbocycles. The van der Waals surface area contributed by atoms with Crippen molar-refractivity contribution in [2.75, 3.05) is 0 Å². The van der Waals surface area contributed by atoms with Crippen LogP contribution in [0.5, 0.6) is 0 Å². The van der Waals surface area contributed by atoms with Gasteiger partial charge < -0.3 is 0 Å². The largest absolute Gasteiger partial charge is 0.0759 e. The summed E-state index contributed by atoms with van der Waals surface area (Å²) in [5.41, 5.74) is 10.7. The Bertz CT molecular complexity index is 2200. The Morgan fingerprint density at radius 1 is 0.239 bits per heavy atom. The average Bonchev–Trinajstić information content (AvgIpc) is 3.13. The van der Waals surface area contributed by atoms with Crippen LogP contribution in [0.15, 0.2) is 170 Å². The smallest absolute Gasteiger partial charge is 0.00264 e. The van der Waals surface area contributed by atoms with E-state index in [2.05, 4.69) is 170 Å². The summed E-state index contributed by atoms with van der Waals surface area (Å²) in [4.78, 5) is 0. The van der Waals surface area contributed by atoms with Crippen molar-refractivity contribution < 1.29 is 0 Å². The lowest BCUT2D eigenvalue weighted by molar-refractivity contribution is 1.27. The third kappa shape index (κ3) is 4.22. The van der Waals surface area contributed by atoms with E-state index in [0.29, 0.717) is 0 Å². The first-order chi connectivity index (χ1) is 22.9. The summed E-state index contributed by atoms with van der Waals surface area (Å²) in [7, 11) is 0. The molecule has 0 aliphatic heterocycles. The van der Waals surface area contributed by atoms with E-state index in [9.17, 15) is 0 Å². The normalized spacial score (nSPS) is 13.3. The molecule has 0 fully saturated rings. The predicted molar refractivity (Wildman–Crippen MR) is 199 cm³/mol. The first-order valence-electron chi connectivity index (χ1n) is 16.2. The first-order valence-corrected chi connectivity index (χ1v) is 16.2. The maximum atomic E-state index is 2.50. The second-order valence-corrected chi connectivity index (χ2v) is 12.3. The van der Waals surface area contributed by atoms with Crippen molar-refractivity contribution in [1.29, 1.82) is 0 Å². The fourth-order valence-corrected chi connectivity index (χ4v) is 7.82. The standard InChI is InChI=1S/C46H32/c1-3-15-31(16-4-1)43-35-19-7-11-23-39(35)45(40-24-12-8-20-36(40)43)33-27-29-34(30-28-33)46-41-25-13-9-21-37(41)44(32-17-5-2-6-18-32)38-22-10-14-26-42(38)46/h1-27,30H,28-29H2. The number of benzene rings is 8. The van der Waals surface area contributed by atoms with Crippen molar-refractivity contribution in [3.05, 3.63) is 181 Å². The van der Waals surface area contributed by atoms with Crippen LogP contribution in [0.2, 0.25) is 0 Å². The highest BCUT2D eigenvalue weighted by Gasteiger charge is 2.21. The summed E-state index contributed by atoms with van der Waals surface area (Å²) in [6.07, 6.45) is 6.80. The topological polar surface area (TPSA) is 0 Å². The molecule has 0 nitrogen and oxygen atoms in total.